The third-order valence-corrected chi connectivity index (χ3v) is 2.96. The van der Waals surface area contributed by atoms with Crippen LogP contribution in [0.3, 0.4) is 0 Å². The average Bonchev–Trinajstić information content (AvgIpc) is 2.64. The summed E-state index contributed by atoms with van der Waals surface area (Å²) in [5.74, 6) is 0.772. The number of nitriles is 1. The molecular formula is C11H10N4S. The van der Waals surface area contributed by atoms with Gasteiger partial charge in [-0.3, -0.25) is 5.10 Å². The molecule has 0 aliphatic carbocycles. The molecule has 0 amide bonds. The van der Waals surface area contributed by atoms with Crippen LogP contribution in [0, 0.1) is 25.2 Å². The number of hydrogen-bond acceptors (Lipinski definition) is 4. The molecule has 2 rings (SSSR count). The molecule has 0 aliphatic heterocycles. The minimum Gasteiger partial charge on any atom is -0.262 e. The van der Waals surface area contributed by atoms with Crippen molar-refractivity contribution in [2.24, 2.45) is 0 Å². The lowest BCUT2D eigenvalue weighted by molar-refractivity contribution is 0.969. The van der Waals surface area contributed by atoms with Gasteiger partial charge in [0, 0.05) is 4.90 Å². The molecule has 1 heterocycles. The van der Waals surface area contributed by atoms with Gasteiger partial charge in [-0.1, -0.05) is 6.07 Å². The topological polar surface area (TPSA) is 65.4 Å². The van der Waals surface area contributed by atoms with Crippen LogP contribution < -0.4 is 0 Å². The lowest BCUT2D eigenvalue weighted by Crippen LogP contribution is -1.84. The molecular weight excluding hydrogens is 220 g/mol. The fourth-order valence-electron chi connectivity index (χ4n) is 1.27. The van der Waals surface area contributed by atoms with Gasteiger partial charge in [-0.15, -0.1) is 5.10 Å². The zero-order valence-electron chi connectivity index (χ0n) is 8.98. The highest BCUT2D eigenvalue weighted by atomic mass is 32.2. The van der Waals surface area contributed by atoms with E-state index in [9.17, 15) is 0 Å². The Balaban J connectivity index is 2.34. The van der Waals surface area contributed by atoms with Crippen LogP contribution in [-0.2, 0) is 0 Å². The van der Waals surface area contributed by atoms with E-state index < -0.39 is 0 Å². The summed E-state index contributed by atoms with van der Waals surface area (Å²) in [6.07, 6.45) is 0. The summed E-state index contributed by atoms with van der Waals surface area (Å²) >= 11 is 1.40. The standard InChI is InChI=1S/C11H10N4S/c1-7-3-4-9(6-12)10(5-7)16-11-13-8(2)14-15-11/h3-5H,1-2H3,(H,13,14,15). The van der Waals surface area contributed by atoms with Crippen molar-refractivity contribution in [3.63, 3.8) is 0 Å². The van der Waals surface area contributed by atoms with Crippen molar-refractivity contribution in [1.82, 2.24) is 15.2 Å². The van der Waals surface area contributed by atoms with Crippen LogP contribution >= 0.6 is 11.8 Å². The normalized spacial score (nSPS) is 10.1. The molecule has 1 N–H and O–H groups in total. The maximum atomic E-state index is 8.98. The molecule has 80 valence electrons. The third kappa shape index (κ3) is 2.23. The van der Waals surface area contributed by atoms with E-state index in [-0.39, 0.29) is 0 Å². The Bertz CT molecular complexity index is 553. The summed E-state index contributed by atoms with van der Waals surface area (Å²) < 4.78 is 0. The van der Waals surface area contributed by atoms with E-state index in [2.05, 4.69) is 21.3 Å². The summed E-state index contributed by atoms with van der Waals surface area (Å²) in [7, 11) is 0. The Hall–Kier alpha value is -1.80. The van der Waals surface area contributed by atoms with E-state index in [0.717, 1.165) is 16.3 Å². The predicted octanol–water partition coefficient (Wildman–Crippen LogP) is 2.44. The number of aromatic nitrogens is 3. The van der Waals surface area contributed by atoms with Crippen LogP contribution in [0.5, 0.6) is 0 Å². The van der Waals surface area contributed by atoms with Gasteiger partial charge in [0.05, 0.1) is 5.56 Å². The fraction of sp³-hybridized carbons (Fsp3) is 0.182. The average molecular weight is 230 g/mol. The molecule has 0 spiro atoms. The highest BCUT2D eigenvalue weighted by Crippen LogP contribution is 2.28. The maximum Gasteiger partial charge on any atom is 0.213 e. The second-order valence-electron chi connectivity index (χ2n) is 3.42. The molecule has 0 saturated heterocycles. The monoisotopic (exact) mass is 230 g/mol. The fourth-order valence-corrected chi connectivity index (χ4v) is 2.21. The van der Waals surface area contributed by atoms with Crippen LogP contribution in [0.25, 0.3) is 0 Å². The molecule has 16 heavy (non-hydrogen) atoms. The Morgan fingerprint density at radius 1 is 1.38 bits per heavy atom. The first-order valence-corrected chi connectivity index (χ1v) is 5.58. The number of aryl methyl sites for hydroxylation is 2. The van der Waals surface area contributed by atoms with Gasteiger partial charge >= 0.3 is 0 Å². The van der Waals surface area contributed by atoms with E-state index in [1.807, 2.05) is 32.0 Å². The molecule has 1 aromatic heterocycles. The van der Waals surface area contributed by atoms with Crippen molar-refractivity contribution in [2.75, 3.05) is 0 Å². The number of H-pyrrole nitrogens is 1. The first-order valence-electron chi connectivity index (χ1n) is 4.76. The second kappa shape index (κ2) is 4.37. The highest BCUT2D eigenvalue weighted by molar-refractivity contribution is 7.99. The highest BCUT2D eigenvalue weighted by Gasteiger charge is 2.07. The first-order chi connectivity index (χ1) is 7.69. The van der Waals surface area contributed by atoms with Crippen molar-refractivity contribution >= 4 is 11.8 Å². The van der Waals surface area contributed by atoms with E-state index in [0.29, 0.717) is 10.7 Å². The minimum absolute atomic E-state index is 0.639. The molecule has 4 nitrogen and oxygen atoms in total. The Labute approximate surface area is 97.7 Å². The summed E-state index contributed by atoms with van der Waals surface area (Å²) in [4.78, 5) is 5.09. The largest absolute Gasteiger partial charge is 0.262 e. The van der Waals surface area contributed by atoms with Crippen molar-refractivity contribution in [3.8, 4) is 6.07 Å². The number of benzene rings is 1. The summed E-state index contributed by atoms with van der Waals surface area (Å²) in [5, 5.41) is 16.4. The van der Waals surface area contributed by atoms with Crippen LogP contribution in [-0.4, -0.2) is 15.2 Å². The van der Waals surface area contributed by atoms with Crippen molar-refractivity contribution in [3.05, 3.63) is 35.2 Å². The predicted molar refractivity (Wildman–Crippen MR) is 61.1 cm³/mol. The van der Waals surface area contributed by atoms with Crippen molar-refractivity contribution < 1.29 is 0 Å². The zero-order chi connectivity index (χ0) is 11.5. The van der Waals surface area contributed by atoms with Crippen LogP contribution in [0.15, 0.2) is 28.3 Å². The van der Waals surface area contributed by atoms with Crippen LogP contribution in [0.2, 0.25) is 0 Å². The lowest BCUT2D eigenvalue weighted by Gasteiger charge is -2.01. The van der Waals surface area contributed by atoms with Crippen molar-refractivity contribution in [2.45, 2.75) is 23.9 Å². The SMILES string of the molecule is Cc1ccc(C#N)c(Sc2n[nH]c(C)n2)c1. The third-order valence-electron chi connectivity index (χ3n) is 2.04. The van der Waals surface area contributed by atoms with E-state index >= 15 is 0 Å². The summed E-state index contributed by atoms with van der Waals surface area (Å²) in [5.41, 5.74) is 1.77. The number of hydrogen-bond donors (Lipinski definition) is 1. The van der Waals surface area contributed by atoms with Crippen LogP contribution in [0.4, 0.5) is 0 Å². The Kier molecular flexibility index (Phi) is 2.93. The molecule has 0 bridgehead atoms. The Morgan fingerprint density at radius 2 is 2.19 bits per heavy atom. The molecule has 0 aliphatic rings. The molecule has 2 aromatic rings. The Morgan fingerprint density at radius 3 is 2.81 bits per heavy atom. The number of nitrogens with zero attached hydrogens (tertiary/aromatic N) is 3. The molecule has 0 saturated carbocycles. The lowest BCUT2D eigenvalue weighted by atomic mass is 10.2. The summed E-state index contributed by atoms with van der Waals surface area (Å²) in [6, 6.07) is 7.87. The second-order valence-corrected chi connectivity index (χ2v) is 4.43. The van der Waals surface area contributed by atoms with Gasteiger partial charge < -0.3 is 0 Å². The first kappa shape index (κ1) is 10.7. The number of aromatic amines is 1. The van der Waals surface area contributed by atoms with Gasteiger partial charge in [0.25, 0.3) is 0 Å². The maximum absolute atomic E-state index is 8.98. The number of rotatable bonds is 2. The van der Waals surface area contributed by atoms with E-state index in [1.165, 1.54) is 11.8 Å². The van der Waals surface area contributed by atoms with E-state index in [1.54, 1.807) is 0 Å². The molecule has 5 heteroatoms. The summed E-state index contributed by atoms with van der Waals surface area (Å²) in [6.45, 7) is 3.84. The minimum atomic E-state index is 0.639. The van der Waals surface area contributed by atoms with Crippen LogP contribution in [0.1, 0.15) is 17.0 Å². The smallest absolute Gasteiger partial charge is 0.213 e. The van der Waals surface area contributed by atoms with Gasteiger partial charge in [0.15, 0.2) is 0 Å². The van der Waals surface area contributed by atoms with Gasteiger partial charge in [-0.25, -0.2) is 4.98 Å². The molecule has 1 aromatic carbocycles. The molecule has 0 unspecified atom stereocenters. The molecule has 0 fully saturated rings. The van der Waals surface area contributed by atoms with Gasteiger partial charge in [-0.05, 0) is 43.3 Å². The molecule has 0 radical (unpaired) electrons. The van der Waals surface area contributed by atoms with Crippen molar-refractivity contribution in [1.29, 1.82) is 5.26 Å². The van der Waals surface area contributed by atoms with Gasteiger partial charge in [0.2, 0.25) is 5.16 Å². The number of nitrogens with one attached hydrogen (secondary N) is 1. The quantitative estimate of drug-likeness (QED) is 0.860. The van der Waals surface area contributed by atoms with Gasteiger partial charge in [-0.2, -0.15) is 5.26 Å². The van der Waals surface area contributed by atoms with Gasteiger partial charge in [0.1, 0.15) is 11.9 Å². The molecule has 0 atom stereocenters. The van der Waals surface area contributed by atoms with E-state index in [4.69, 9.17) is 5.26 Å². The zero-order valence-corrected chi connectivity index (χ0v) is 9.80.